The van der Waals surface area contributed by atoms with Crippen LogP contribution in [-0.2, 0) is 5.41 Å². The molecule has 11 aromatic carbocycles. The molecule has 1 aliphatic rings. The lowest BCUT2D eigenvalue weighted by atomic mass is 9.66. The summed E-state index contributed by atoms with van der Waals surface area (Å²) in [6.07, 6.45) is 0. The normalized spacial score (nSPS) is 12.9. The molecule has 0 aliphatic heterocycles. The Morgan fingerprint density at radius 2 is 0.857 bits per heavy atom. The van der Waals surface area contributed by atoms with E-state index in [1.165, 1.54) is 60.5 Å². The molecule has 0 spiro atoms. The van der Waals surface area contributed by atoms with Gasteiger partial charge in [0.05, 0.1) is 11.1 Å². The van der Waals surface area contributed by atoms with Crippen LogP contribution < -0.4 is 4.90 Å². The van der Waals surface area contributed by atoms with Gasteiger partial charge in [-0.2, -0.15) is 0 Å². The van der Waals surface area contributed by atoms with Crippen LogP contribution in [0.1, 0.15) is 22.3 Å². The molecule has 294 valence electrons. The van der Waals surface area contributed by atoms with Crippen LogP contribution >= 0.6 is 0 Å². The Hall–Kier alpha value is -8.20. The van der Waals surface area contributed by atoms with Gasteiger partial charge in [0.25, 0.3) is 0 Å². The maximum Gasteiger partial charge on any atom is 0.143 e. The zero-order chi connectivity index (χ0) is 41.5. The van der Waals surface area contributed by atoms with Gasteiger partial charge in [0.1, 0.15) is 11.2 Å². The summed E-state index contributed by atoms with van der Waals surface area (Å²) in [5.41, 5.74) is 14.4. The van der Waals surface area contributed by atoms with Gasteiger partial charge in [0.2, 0.25) is 0 Å². The number of hydrogen-bond acceptors (Lipinski definition) is 2. The number of nitrogens with zero attached hydrogens (tertiary/aromatic N) is 1. The molecule has 2 nitrogen and oxygen atoms in total. The molecular formula is C61H39NO. The third-order valence-electron chi connectivity index (χ3n) is 13.5. The fourth-order valence-corrected chi connectivity index (χ4v) is 10.8. The van der Waals surface area contributed by atoms with Crippen LogP contribution in [0.4, 0.5) is 17.1 Å². The second kappa shape index (κ2) is 13.9. The van der Waals surface area contributed by atoms with E-state index in [0.29, 0.717) is 0 Å². The van der Waals surface area contributed by atoms with Crippen LogP contribution in [-0.4, -0.2) is 0 Å². The molecule has 63 heavy (non-hydrogen) atoms. The van der Waals surface area contributed by atoms with Gasteiger partial charge < -0.3 is 9.32 Å². The van der Waals surface area contributed by atoms with Crippen LogP contribution in [0.3, 0.4) is 0 Å². The van der Waals surface area contributed by atoms with Gasteiger partial charge in [0, 0.05) is 32.9 Å². The molecule has 13 rings (SSSR count). The van der Waals surface area contributed by atoms with E-state index in [1.807, 2.05) is 0 Å². The topological polar surface area (TPSA) is 16.4 Å². The van der Waals surface area contributed by atoms with E-state index in [9.17, 15) is 0 Å². The van der Waals surface area contributed by atoms with Crippen LogP contribution in [0, 0.1) is 0 Å². The van der Waals surface area contributed by atoms with Crippen molar-refractivity contribution < 1.29 is 4.42 Å². The van der Waals surface area contributed by atoms with Crippen LogP contribution in [0.5, 0.6) is 0 Å². The Balaban J connectivity index is 1.13. The highest BCUT2D eigenvalue weighted by molar-refractivity contribution is 6.23. The summed E-state index contributed by atoms with van der Waals surface area (Å²) in [5, 5.41) is 9.20. The Bertz CT molecular complexity index is 3630. The molecule has 0 unspecified atom stereocenters. The maximum absolute atomic E-state index is 7.07. The lowest BCUT2D eigenvalue weighted by molar-refractivity contribution is 0.673. The molecule has 1 heterocycles. The van der Waals surface area contributed by atoms with Crippen molar-refractivity contribution in [1.82, 2.24) is 0 Å². The summed E-state index contributed by atoms with van der Waals surface area (Å²) < 4.78 is 7.07. The summed E-state index contributed by atoms with van der Waals surface area (Å²) in [4.78, 5) is 2.44. The average Bonchev–Trinajstić information content (AvgIpc) is 3.89. The summed E-state index contributed by atoms with van der Waals surface area (Å²) >= 11 is 0. The molecule has 0 radical (unpaired) electrons. The Labute approximate surface area is 365 Å². The van der Waals surface area contributed by atoms with E-state index < -0.39 is 5.41 Å². The molecule has 1 aliphatic carbocycles. The molecule has 0 saturated carbocycles. The van der Waals surface area contributed by atoms with Crippen molar-refractivity contribution in [3.05, 3.63) is 259 Å². The fourth-order valence-electron chi connectivity index (χ4n) is 10.8. The third kappa shape index (κ3) is 5.25. The van der Waals surface area contributed by atoms with Crippen LogP contribution in [0.25, 0.3) is 76.5 Å². The minimum absolute atomic E-state index is 0.562. The standard InChI is InChI=1S/C61H39NO/c1-3-21-44(22-4-1)61(45-23-5-2-6-24-45)55-31-14-13-25-48(55)51-29-15-30-52(59(51)61)50-28-16-32-57-58(50)54-39-56(49-26-11-12-27-53(49)60(54)63-57)62(46-35-33-40-17-7-9-19-42(40)37-46)47-36-34-41-18-8-10-20-43(41)38-47/h1-39H. The van der Waals surface area contributed by atoms with Gasteiger partial charge in [-0.05, 0) is 102 Å². The Morgan fingerprint density at radius 3 is 1.52 bits per heavy atom. The lowest BCUT2D eigenvalue weighted by Crippen LogP contribution is -2.29. The van der Waals surface area contributed by atoms with Crippen molar-refractivity contribution >= 4 is 71.3 Å². The van der Waals surface area contributed by atoms with Gasteiger partial charge in [-0.3, -0.25) is 0 Å². The van der Waals surface area contributed by atoms with Crippen molar-refractivity contribution in [1.29, 1.82) is 0 Å². The summed E-state index contributed by atoms with van der Waals surface area (Å²) in [7, 11) is 0. The minimum atomic E-state index is -0.562. The number of fused-ring (bicyclic) bond motifs is 10. The Morgan fingerprint density at radius 1 is 0.349 bits per heavy atom. The molecule has 0 atom stereocenters. The van der Waals surface area contributed by atoms with Crippen molar-refractivity contribution in [3.8, 4) is 22.3 Å². The summed E-state index contributed by atoms with van der Waals surface area (Å²) in [5.74, 6) is 0. The quantitative estimate of drug-likeness (QED) is 0.167. The second-order valence-corrected chi connectivity index (χ2v) is 16.8. The van der Waals surface area contributed by atoms with E-state index in [2.05, 4.69) is 241 Å². The van der Waals surface area contributed by atoms with Crippen LogP contribution in [0.2, 0.25) is 0 Å². The predicted molar refractivity (Wildman–Crippen MR) is 264 cm³/mol. The van der Waals surface area contributed by atoms with E-state index in [0.717, 1.165) is 55.3 Å². The van der Waals surface area contributed by atoms with Crippen LogP contribution in [0.15, 0.2) is 241 Å². The van der Waals surface area contributed by atoms with E-state index in [4.69, 9.17) is 4.42 Å². The zero-order valence-electron chi connectivity index (χ0n) is 34.4. The summed E-state index contributed by atoms with van der Waals surface area (Å²) in [6, 6.07) is 86.6. The number of hydrogen-bond donors (Lipinski definition) is 0. The smallest absolute Gasteiger partial charge is 0.143 e. The fraction of sp³-hybridized carbons (Fsp3) is 0.0164. The third-order valence-corrected chi connectivity index (χ3v) is 13.5. The minimum Gasteiger partial charge on any atom is -0.455 e. The molecule has 0 fully saturated rings. The average molecular weight is 802 g/mol. The maximum atomic E-state index is 7.07. The van der Waals surface area contributed by atoms with Gasteiger partial charge in [-0.25, -0.2) is 0 Å². The highest BCUT2D eigenvalue weighted by atomic mass is 16.3. The monoisotopic (exact) mass is 801 g/mol. The number of furan rings is 1. The SMILES string of the molecule is c1ccc(C2(c3ccccc3)c3ccccc3-c3cccc(-c4cccc5oc6c7ccccc7c(N(c7ccc8ccccc8c7)c7ccc8ccccc8c7)cc6c45)c32)cc1. The zero-order valence-corrected chi connectivity index (χ0v) is 34.4. The van der Waals surface area contributed by atoms with Gasteiger partial charge >= 0.3 is 0 Å². The van der Waals surface area contributed by atoms with E-state index in [-0.39, 0.29) is 0 Å². The largest absolute Gasteiger partial charge is 0.455 e. The molecule has 12 aromatic rings. The van der Waals surface area contributed by atoms with E-state index >= 15 is 0 Å². The molecule has 2 heteroatoms. The van der Waals surface area contributed by atoms with Crippen molar-refractivity contribution in [3.63, 3.8) is 0 Å². The van der Waals surface area contributed by atoms with Gasteiger partial charge in [-0.15, -0.1) is 0 Å². The van der Waals surface area contributed by atoms with Gasteiger partial charge in [-0.1, -0.05) is 200 Å². The molecule has 0 amide bonds. The molecule has 1 aromatic heterocycles. The Kier molecular flexibility index (Phi) is 7.85. The highest BCUT2D eigenvalue weighted by Crippen LogP contribution is 2.59. The number of benzene rings is 11. The molecule has 0 saturated heterocycles. The van der Waals surface area contributed by atoms with Crippen molar-refractivity contribution in [2.75, 3.05) is 4.90 Å². The number of rotatable bonds is 6. The first kappa shape index (κ1) is 35.5. The first-order chi connectivity index (χ1) is 31.3. The second-order valence-electron chi connectivity index (χ2n) is 16.8. The predicted octanol–water partition coefficient (Wildman–Crippen LogP) is 16.5. The number of anilines is 3. The molecule has 0 N–H and O–H groups in total. The molecule has 0 bridgehead atoms. The highest BCUT2D eigenvalue weighted by Gasteiger charge is 2.47. The van der Waals surface area contributed by atoms with Crippen molar-refractivity contribution in [2.24, 2.45) is 0 Å². The van der Waals surface area contributed by atoms with Gasteiger partial charge in [0.15, 0.2) is 0 Å². The first-order valence-corrected chi connectivity index (χ1v) is 21.8. The van der Waals surface area contributed by atoms with E-state index in [1.54, 1.807) is 0 Å². The van der Waals surface area contributed by atoms with Crippen molar-refractivity contribution in [2.45, 2.75) is 5.41 Å². The lowest BCUT2D eigenvalue weighted by Gasteiger charge is -2.35. The molecular weight excluding hydrogens is 763 g/mol. The first-order valence-electron chi connectivity index (χ1n) is 21.8. The summed E-state index contributed by atoms with van der Waals surface area (Å²) in [6.45, 7) is 0.